The summed E-state index contributed by atoms with van der Waals surface area (Å²) in [6.07, 6.45) is 7.41. The Hall–Kier alpha value is -2.37. The van der Waals surface area contributed by atoms with Crippen LogP contribution in [-0.4, -0.2) is 32.7 Å². The van der Waals surface area contributed by atoms with Gasteiger partial charge < -0.3 is 15.0 Å². The van der Waals surface area contributed by atoms with E-state index in [0.29, 0.717) is 17.5 Å². The number of carbonyl (C=O) groups is 1. The summed E-state index contributed by atoms with van der Waals surface area (Å²) in [7, 11) is 3.09. The first-order chi connectivity index (χ1) is 14.8. The number of carbonyl (C=O) groups excluding carboxylic acids is 1. The molecule has 1 fully saturated rings. The first-order valence-corrected chi connectivity index (χ1v) is 11.3. The molecular formula is C25H34F2N2O2. The van der Waals surface area contributed by atoms with Gasteiger partial charge in [-0.1, -0.05) is 33.1 Å². The molecule has 1 aromatic rings. The number of ether oxygens (including phenoxy) is 1. The van der Waals surface area contributed by atoms with E-state index in [4.69, 9.17) is 4.74 Å². The Morgan fingerprint density at radius 1 is 1.19 bits per heavy atom. The maximum atomic E-state index is 15.5. The third-order valence-corrected chi connectivity index (χ3v) is 6.20. The topological polar surface area (TPSA) is 41.6 Å². The quantitative estimate of drug-likeness (QED) is 0.518. The molecule has 0 atom stereocenters. The molecule has 4 nitrogen and oxygen atoms in total. The van der Waals surface area contributed by atoms with Crippen molar-refractivity contribution < 1.29 is 18.3 Å². The molecule has 0 aliphatic heterocycles. The Labute approximate surface area is 184 Å². The molecule has 2 aliphatic carbocycles. The zero-order chi connectivity index (χ0) is 22.5. The maximum Gasteiger partial charge on any atom is 0.334 e. The smallest absolute Gasteiger partial charge is 0.334 e. The van der Waals surface area contributed by atoms with E-state index < -0.39 is 11.8 Å². The molecule has 0 amide bonds. The van der Waals surface area contributed by atoms with Crippen molar-refractivity contribution in [2.75, 3.05) is 30.9 Å². The first-order valence-electron chi connectivity index (χ1n) is 11.3. The Bertz CT molecular complexity index is 871. The first kappa shape index (κ1) is 23.3. The Kier molecular flexibility index (Phi) is 7.74. The van der Waals surface area contributed by atoms with Crippen molar-refractivity contribution in [1.29, 1.82) is 0 Å². The number of nitrogens with zero attached hydrogens (tertiary/aromatic N) is 1. The van der Waals surface area contributed by atoms with Crippen LogP contribution in [0.3, 0.4) is 0 Å². The summed E-state index contributed by atoms with van der Waals surface area (Å²) in [4.78, 5) is 14.6. The van der Waals surface area contributed by atoms with Gasteiger partial charge in [-0.25, -0.2) is 13.6 Å². The summed E-state index contributed by atoms with van der Waals surface area (Å²) in [5.74, 6) is -0.933. The maximum absolute atomic E-state index is 15.5. The minimum Gasteiger partial charge on any atom is -0.466 e. The molecule has 0 heterocycles. The summed E-state index contributed by atoms with van der Waals surface area (Å²) in [5.41, 5.74) is 2.40. The predicted octanol–water partition coefficient (Wildman–Crippen LogP) is 6.24. The van der Waals surface area contributed by atoms with E-state index in [1.165, 1.54) is 32.4 Å². The van der Waals surface area contributed by atoms with Crippen molar-refractivity contribution in [2.45, 2.75) is 64.8 Å². The Morgan fingerprint density at radius 3 is 2.52 bits per heavy atom. The van der Waals surface area contributed by atoms with Gasteiger partial charge in [-0.05, 0) is 49.0 Å². The summed E-state index contributed by atoms with van der Waals surface area (Å²) in [6.45, 7) is 5.17. The number of anilines is 2. The molecule has 2 aliphatic rings. The highest BCUT2D eigenvalue weighted by Crippen LogP contribution is 2.39. The number of hydrogen-bond acceptors (Lipinski definition) is 4. The van der Waals surface area contributed by atoms with Crippen LogP contribution in [0.25, 0.3) is 5.57 Å². The predicted molar refractivity (Wildman–Crippen MR) is 122 cm³/mol. The van der Waals surface area contributed by atoms with E-state index in [0.717, 1.165) is 30.8 Å². The minimum atomic E-state index is -0.545. The van der Waals surface area contributed by atoms with Crippen molar-refractivity contribution in [2.24, 2.45) is 5.92 Å². The van der Waals surface area contributed by atoms with Gasteiger partial charge in [-0.2, -0.15) is 0 Å². The van der Waals surface area contributed by atoms with Gasteiger partial charge in [0.25, 0.3) is 0 Å². The lowest BCUT2D eigenvalue weighted by Crippen LogP contribution is -2.39. The van der Waals surface area contributed by atoms with E-state index in [9.17, 15) is 9.18 Å². The number of rotatable bonds is 7. The second-order valence-corrected chi connectivity index (χ2v) is 8.91. The number of halogens is 2. The molecule has 170 valence electrons. The molecule has 31 heavy (non-hydrogen) atoms. The van der Waals surface area contributed by atoms with Crippen LogP contribution in [0.1, 0.15) is 64.4 Å². The van der Waals surface area contributed by atoms with Crippen LogP contribution >= 0.6 is 0 Å². The van der Waals surface area contributed by atoms with E-state index in [-0.39, 0.29) is 29.8 Å². The zero-order valence-corrected chi connectivity index (χ0v) is 19.1. The summed E-state index contributed by atoms with van der Waals surface area (Å²) >= 11 is 0. The van der Waals surface area contributed by atoms with Crippen molar-refractivity contribution in [3.05, 3.63) is 41.0 Å². The molecule has 1 saturated carbocycles. The van der Waals surface area contributed by atoms with Gasteiger partial charge in [0.15, 0.2) is 0 Å². The van der Waals surface area contributed by atoms with E-state index in [1.54, 1.807) is 12.1 Å². The third-order valence-electron chi connectivity index (χ3n) is 6.20. The van der Waals surface area contributed by atoms with Gasteiger partial charge in [0.1, 0.15) is 11.6 Å². The highest BCUT2D eigenvalue weighted by molar-refractivity contribution is 6.01. The molecule has 0 aromatic heterocycles. The van der Waals surface area contributed by atoms with Gasteiger partial charge >= 0.3 is 5.97 Å². The molecule has 1 N–H and O–H groups in total. The Morgan fingerprint density at radius 2 is 1.90 bits per heavy atom. The average molecular weight is 433 g/mol. The highest BCUT2D eigenvalue weighted by atomic mass is 19.1. The van der Waals surface area contributed by atoms with Crippen LogP contribution in [0, 0.1) is 11.7 Å². The molecule has 0 saturated heterocycles. The second kappa shape index (κ2) is 10.3. The lowest BCUT2D eigenvalue weighted by Gasteiger charge is -2.38. The lowest BCUT2D eigenvalue weighted by atomic mass is 9.90. The number of esters is 1. The fraction of sp³-hybridized carbons (Fsp3) is 0.560. The fourth-order valence-corrected chi connectivity index (χ4v) is 4.71. The van der Waals surface area contributed by atoms with E-state index >= 15 is 4.39 Å². The van der Waals surface area contributed by atoms with Crippen molar-refractivity contribution in [3.63, 3.8) is 0 Å². The van der Waals surface area contributed by atoms with Gasteiger partial charge in [-0.15, -0.1) is 0 Å². The molecule has 6 heteroatoms. The molecule has 0 spiro atoms. The summed E-state index contributed by atoms with van der Waals surface area (Å²) in [6, 6.07) is 3.62. The minimum absolute atomic E-state index is 0.121. The number of hydrogen-bond donors (Lipinski definition) is 1. The van der Waals surface area contributed by atoms with E-state index in [1.807, 2.05) is 7.05 Å². The molecule has 0 radical (unpaired) electrons. The zero-order valence-electron chi connectivity index (χ0n) is 19.1. The number of benzene rings is 1. The molecule has 3 rings (SSSR count). The summed E-state index contributed by atoms with van der Waals surface area (Å²) in [5, 5.41) is 3.20. The normalized spacial score (nSPS) is 17.6. The Balaban J connectivity index is 2.10. The van der Waals surface area contributed by atoms with Gasteiger partial charge in [0.05, 0.1) is 18.5 Å². The van der Waals surface area contributed by atoms with Gasteiger partial charge in [0, 0.05) is 37.2 Å². The van der Waals surface area contributed by atoms with Crippen LogP contribution < -0.4 is 10.2 Å². The van der Waals surface area contributed by atoms with Crippen LogP contribution in [0.15, 0.2) is 29.6 Å². The molecule has 0 unspecified atom stereocenters. The van der Waals surface area contributed by atoms with Gasteiger partial charge in [0.2, 0.25) is 0 Å². The van der Waals surface area contributed by atoms with E-state index in [2.05, 4.69) is 24.1 Å². The standard InChI is InChI=1S/C25H34F2N2O2/c1-16(2)15-29(18-8-6-5-7-9-18)24-14-22(27)21(13-23(24)28-3)20-12-17(26)10-11-19(20)25(30)31-4/h12-14,16,18,28H,5-11,15H2,1-4H3. The fourth-order valence-electron chi connectivity index (χ4n) is 4.71. The van der Waals surface area contributed by atoms with Crippen molar-refractivity contribution >= 4 is 22.9 Å². The average Bonchev–Trinajstić information content (AvgIpc) is 2.77. The highest BCUT2D eigenvalue weighted by Gasteiger charge is 2.28. The third kappa shape index (κ3) is 5.28. The molecule has 1 aromatic carbocycles. The van der Waals surface area contributed by atoms with Crippen LogP contribution in [0.5, 0.6) is 0 Å². The number of allylic oxidation sites excluding steroid dienone is 3. The largest absolute Gasteiger partial charge is 0.466 e. The number of nitrogens with one attached hydrogen (secondary N) is 1. The summed E-state index contributed by atoms with van der Waals surface area (Å²) < 4.78 is 34.5. The molecule has 0 bridgehead atoms. The number of methoxy groups -OCH3 is 1. The monoisotopic (exact) mass is 432 g/mol. The molecular weight excluding hydrogens is 398 g/mol. The van der Waals surface area contributed by atoms with Crippen LogP contribution in [0.4, 0.5) is 20.2 Å². The van der Waals surface area contributed by atoms with Crippen molar-refractivity contribution in [3.8, 4) is 0 Å². The van der Waals surface area contributed by atoms with Gasteiger partial charge in [-0.3, -0.25) is 0 Å². The second-order valence-electron chi connectivity index (χ2n) is 8.91. The van der Waals surface area contributed by atoms with Crippen LogP contribution in [0.2, 0.25) is 0 Å². The SMILES string of the molecule is CNc1cc(C2=C(C(=O)OC)CCC(F)=C2)c(F)cc1N(CC(C)C)C1CCCCC1. The lowest BCUT2D eigenvalue weighted by molar-refractivity contribution is -0.136. The van der Waals surface area contributed by atoms with Crippen molar-refractivity contribution in [1.82, 2.24) is 0 Å². The van der Waals surface area contributed by atoms with Crippen LogP contribution in [-0.2, 0) is 9.53 Å².